The average Bonchev–Trinajstić information content (AvgIpc) is 2.15. The van der Waals surface area contributed by atoms with Gasteiger partial charge in [-0.2, -0.15) is 0 Å². The van der Waals surface area contributed by atoms with Crippen LogP contribution in [0.4, 0.5) is 4.39 Å². The van der Waals surface area contributed by atoms with E-state index in [9.17, 15) is 9.18 Å². The smallest absolute Gasteiger partial charge is 0.150 e. The third-order valence-corrected chi connectivity index (χ3v) is 2.05. The Kier molecular flexibility index (Phi) is 3.57. The number of allylic oxidation sites excluding steroid dienone is 1. The third kappa shape index (κ3) is 2.80. The second kappa shape index (κ2) is 4.70. The van der Waals surface area contributed by atoms with Crippen molar-refractivity contribution in [3.63, 3.8) is 0 Å². The molecule has 0 unspecified atom stereocenters. The van der Waals surface area contributed by atoms with Crippen LogP contribution >= 0.6 is 0 Å². The Balaban J connectivity index is 2.87. The lowest BCUT2D eigenvalue weighted by molar-refractivity contribution is 0.112. The first-order chi connectivity index (χ1) is 6.63. The fourth-order valence-corrected chi connectivity index (χ4v) is 1.25. The third-order valence-electron chi connectivity index (χ3n) is 2.05. The molecule has 0 aliphatic heterocycles. The minimum Gasteiger partial charge on any atom is -0.298 e. The maximum Gasteiger partial charge on any atom is 0.150 e. The van der Waals surface area contributed by atoms with Crippen molar-refractivity contribution in [2.24, 2.45) is 0 Å². The van der Waals surface area contributed by atoms with Gasteiger partial charge in [0.05, 0.1) is 0 Å². The van der Waals surface area contributed by atoms with Gasteiger partial charge >= 0.3 is 0 Å². The molecule has 0 spiro atoms. The van der Waals surface area contributed by atoms with E-state index < -0.39 is 0 Å². The molecule has 14 heavy (non-hydrogen) atoms. The van der Waals surface area contributed by atoms with Crippen molar-refractivity contribution in [1.82, 2.24) is 0 Å². The molecule has 0 aliphatic rings. The summed E-state index contributed by atoms with van der Waals surface area (Å²) in [4.78, 5) is 10.6. The molecule has 0 aromatic heterocycles. The summed E-state index contributed by atoms with van der Waals surface area (Å²) >= 11 is 0. The van der Waals surface area contributed by atoms with Crippen molar-refractivity contribution >= 4 is 6.29 Å². The Morgan fingerprint density at radius 2 is 2.29 bits per heavy atom. The Morgan fingerprint density at radius 3 is 2.86 bits per heavy atom. The summed E-state index contributed by atoms with van der Waals surface area (Å²) in [6.07, 6.45) is 2.21. The van der Waals surface area contributed by atoms with Crippen LogP contribution in [0.1, 0.15) is 29.3 Å². The number of rotatable bonds is 4. The zero-order chi connectivity index (χ0) is 10.6. The van der Waals surface area contributed by atoms with Crippen LogP contribution in [0.2, 0.25) is 0 Å². The number of halogens is 1. The number of hydrogen-bond acceptors (Lipinski definition) is 1. The molecule has 1 nitrogen and oxygen atoms in total. The first-order valence-electron chi connectivity index (χ1n) is 4.51. The van der Waals surface area contributed by atoms with Gasteiger partial charge in [-0.25, -0.2) is 4.39 Å². The molecule has 1 rings (SSSR count). The van der Waals surface area contributed by atoms with E-state index in [2.05, 4.69) is 6.58 Å². The van der Waals surface area contributed by atoms with Gasteiger partial charge in [-0.1, -0.05) is 5.57 Å². The maximum absolute atomic E-state index is 12.9. The zero-order valence-electron chi connectivity index (χ0n) is 8.22. The number of hydrogen-bond donors (Lipinski definition) is 0. The molecule has 0 saturated heterocycles. The number of carbonyl (C=O) groups excluding carboxylic acids is 1. The minimum absolute atomic E-state index is 0.299. The molecular weight excluding hydrogens is 179 g/mol. The highest BCUT2D eigenvalue weighted by Gasteiger charge is 2.03. The van der Waals surface area contributed by atoms with E-state index in [-0.39, 0.29) is 5.82 Å². The van der Waals surface area contributed by atoms with Crippen molar-refractivity contribution in [2.45, 2.75) is 19.8 Å². The van der Waals surface area contributed by atoms with Gasteiger partial charge < -0.3 is 0 Å². The predicted molar refractivity (Wildman–Crippen MR) is 54.9 cm³/mol. The lowest BCUT2D eigenvalue weighted by atomic mass is 10.0. The van der Waals surface area contributed by atoms with Gasteiger partial charge in [-0.05, 0) is 43.5 Å². The molecule has 0 fully saturated rings. The molecule has 0 amide bonds. The molecule has 0 aliphatic carbocycles. The molecule has 74 valence electrons. The topological polar surface area (TPSA) is 17.1 Å². The Bertz CT molecular complexity index is 355. The van der Waals surface area contributed by atoms with Crippen LogP contribution in [0.15, 0.2) is 30.4 Å². The van der Waals surface area contributed by atoms with E-state index in [4.69, 9.17) is 0 Å². The predicted octanol–water partition coefficient (Wildman–Crippen LogP) is 3.15. The van der Waals surface area contributed by atoms with Gasteiger partial charge in [-0.3, -0.25) is 4.79 Å². The normalized spacial score (nSPS) is 9.86. The van der Waals surface area contributed by atoms with Crippen LogP contribution in [0, 0.1) is 5.82 Å². The number of aryl methyl sites for hydroxylation is 1. The van der Waals surface area contributed by atoms with Gasteiger partial charge in [0, 0.05) is 5.56 Å². The lowest BCUT2D eigenvalue weighted by Gasteiger charge is -2.04. The summed E-state index contributed by atoms with van der Waals surface area (Å²) < 4.78 is 12.9. The van der Waals surface area contributed by atoms with Crippen LogP contribution in [0.25, 0.3) is 0 Å². The maximum atomic E-state index is 12.9. The monoisotopic (exact) mass is 192 g/mol. The Morgan fingerprint density at radius 1 is 1.57 bits per heavy atom. The van der Waals surface area contributed by atoms with Gasteiger partial charge in [0.2, 0.25) is 0 Å². The second-order valence-electron chi connectivity index (χ2n) is 3.42. The highest BCUT2D eigenvalue weighted by Crippen LogP contribution is 2.13. The molecule has 2 heteroatoms. The van der Waals surface area contributed by atoms with Gasteiger partial charge in [0.1, 0.15) is 12.1 Å². The van der Waals surface area contributed by atoms with Gasteiger partial charge in [0.25, 0.3) is 0 Å². The Hall–Kier alpha value is -1.44. The average molecular weight is 192 g/mol. The second-order valence-corrected chi connectivity index (χ2v) is 3.42. The molecule has 0 heterocycles. The van der Waals surface area contributed by atoms with Crippen molar-refractivity contribution in [3.8, 4) is 0 Å². The molecule has 0 saturated carbocycles. The van der Waals surface area contributed by atoms with E-state index in [1.165, 1.54) is 18.2 Å². The fourth-order valence-electron chi connectivity index (χ4n) is 1.25. The van der Waals surface area contributed by atoms with E-state index in [1.807, 2.05) is 6.92 Å². The molecule has 0 radical (unpaired) electrons. The molecule has 1 aromatic carbocycles. The lowest BCUT2D eigenvalue weighted by Crippen LogP contribution is -1.94. The fraction of sp³-hybridized carbons (Fsp3) is 0.250. The zero-order valence-corrected chi connectivity index (χ0v) is 8.22. The summed E-state index contributed by atoms with van der Waals surface area (Å²) in [6, 6.07) is 4.22. The Labute approximate surface area is 83.3 Å². The largest absolute Gasteiger partial charge is 0.298 e. The van der Waals surface area contributed by atoms with Crippen LogP contribution in [0.5, 0.6) is 0 Å². The van der Waals surface area contributed by atoms with Crippen LogP contribution in [-0.2, 0) is 6.42 Å². The molecular formula is C12H13FO. The summed E-state index contributed by atoms with van der Waals surface area (Å²) in [5, 5.41) is 0. The SMILES string of the molecule is C=C(C)CCc1cc(F)ccc1C=O. The summed E-state index contributed by atoms with van der Waals surface area (Å²) in [5.74, 6) is -0.299. The summed E-state index contributed by atoms with van der Waals surface area (Å²) in [6.45, 7) is 5.68. The van der Waals surface area contributed by atoms with Crippen LogP contribution < -0.4 is 0 Å². The molecule has 0 bridgehead atoms. The van der Waals surface area contributed by atoms with E-state index in [0.717, 1.165) is 23.8 Å². The molecule has 0 atom stereocenters. The summed E-state index contributed by atoms with van der Waals surface area (Å²) in [5.41, 5.74) is 2.35. The number of aldehydes is 1. The van der Waals surface area contributed by atoms with E-state index in [1.54, 1.807) is 0 Å². The van der Waals surface area contributed by atoms with Crippen LogP contribution in [0.3, 0.4) is 0 Å². The minimum atomic E-state index is -0.299. The quantitative estimate of drug-likeness (QED) is 0.529. The van der Waals surface area contributed by atoms with Crippen molar-refractivity contribution in [2.75, 3.05) is 0 Å². The van der Waals surface area contributed by atoms with E-state index >= 15 is 0 Å². The van der Waals surface area contributed by atoms with Crippen LogP contribution in [-0.4, -0.2) is 6.29 Å². The van der Waals surface area contributed by atoms with Gasteiger partial charge in [0.15, 0.2) is 0 Å². The summed E-state index contributed by atoms with van der Waals surface area (Å²) in [7, 11) is 0. The number of benzene rings is 1. The number of carbonyl (C=O) groups is 1. The molecule has 1 aromatic rings. The van der Waals surface area contributed by atoms with Crippen molar-refractivity contribution in [1.29, 1.82) is 0 Å². The first-order valence-corrected chi connectivity index (χ1v) is 4.51. The van der Waals surface area contributed by atoms with Crippen molar-refractivity contribution in [3.05, 3.63) is 47.3 Å². The standard InChI is InChI=1S/C12H13FO/c1-9(2)3-4-10-7-12(13)6-5-11(10)8-14/h5-8H,1,3-4H2,2H3. The molecule has 0 N–H and O–H groups in total. The van der Waals surface area contributed by atoms with Gasteiger partial charge in [-0.15, -0.1) is 6.58 Å². The first kappa shape index (κ1) is 10.6. The highest BCUT2D eigenvalue weighted by molar-refractivity contribution is 5.77. The van der Waals surface area contributed by atoms with Crippen molar-refractivity contribution < 1.29 is 9.18 Å². The van der Waals surface area contributed by atoms with E-state index in [0.29, 0.717) is 12.0 Å². The highest BCUT2D eigenvalue weighted by atomic mass is 19.1.